The summed E-state index contributed by atoms with van der Waals surface area (Å²) in [7, 11) is 0. The highest BCUT2D eigenvalue weighted by atomic mass is 16.2. The van der Waals surface area contributed by atoms with Crippen LogP contribution in [-0.4, -0.2) is 54.8 Å². The van der Waals surface area contributed by atoms with Crippen LogP contribution >= 0.6 is 0 Å². The number of anilines is 1. The van der Waals surface area contributed by atoms with Crippen molar-refractivity contribution in [3.63, 3.8) is 0 Å². The number of nitrogens with one attached hydrogen (secondary N) is 3. The van der Waals surface area contributed by atoms with Gasteiger partial charge in [0.2, 0.25) is 11.8 Å². The van der Waals surface area contributed by atoms with Gasteiger partial charge in [0.25, 0.3) is 5.91 Å². The van der Waals surface area contributed by atoms with Crippen LogP contribution in [0, 0.1) is 5.92 Å². The molecule has 3 rings (SSSR count). The number of carbonyl (C=O) groups excluding carboxylic acids is 3. The first-order chi connectivity index (χ1) is 13.0. The number of amides is 3. The summed E-state index contributed by atoms with van der Waals surface area (Å²) in [6, 6.07) is 7.29. The molecule has 1 heterocycles. The second-order valence-corrected chi connectivity index (χ2v) is 7.35. The van der Waals surface area contributed by atoms with Gasteiger partial charge < -0.3 is 16.0 Å². The van der Waals surface area contributed by atoms with Gasteiger partial charge in [0, 0.05) is 30.4 Å². The SMILES string of the molecule is CCNC(=O)C1CCCN(CC(=O)Nc2cccc(C(=O)NC3CC3)c2)C1. The van der Waals surface area contributed by atoms with Gasteiger partial charge in [-0.3, -0.25) is 19.3 Å². The summed E-state index contributed by atoms with van der Waals surface area (Å²) in [6.07, 6.45) is 3.85. The van der Waals surface area contributed by atoms with Gasteiger partial charge in [0.05, 0.1) is 12.5 Å². The van der Waals surface area contributed by atoms with Crippen LogP contribution in [0.25, 0.3) is 0 Å². The number of hydrogen-bond acceptors (Lipinski definition) is 4. The van der Waals surface area contributed by atoms with Crippen molar-refractivity contribution in [1.29, 1.82) is 0 Å². The Bertz CT molecular complexity index is 702. The molecular formula is C20H28N4O3. The number of hydrogen-bond donors (Lipinski definition) is 3. The third-order valence-corrected chi connectivity index (χ3v) is 4.92. The fraction of sp³-hybridized carbons (Fsp3) is 0.550. The molecule has 3 N–H and O–H groups in total. The number of nitrogens with zero attached hydrogens (tertiary/aromatic N) is 1. The lowest BCUT2D eigenvalue weighted by Crippen LogP contribution is -2.45. The van der Waals surface area contributed by atoms with Crippen molar-refractivity contribution in [2.45, 2.75) is 38.6 Å². The summed E-state index contributed by atoms with van der Waals surface area (Å²) in [5.41, 5.74) is 1.16. The van der Waals surface area contributed by atoms with E-state index in [0.717, 1.165) is 32.2 Å². The molecule has 1 aliphatic heterocycles. The normalized spacial score (nSPS) is 20.0. The molecule has 1 unspecified atom stereocenters. The molecule has 3 amide bonds. The van der Waals surface area contributed by atoms with E-state index in [1.54, 1.807) is 24.3 Å². The van der Waals surface area contributed by atoms with E-state index < -0.39 is 0 Å². The van der Waals surface area contributed by atoms with Crippen LogP contribution in [0.2, 0.25) is 0 Å². The van der Waals surface area contributed by atoms with E-state index in [1.807, 2.05) is 11.8 Å². The third kappa shape index (κ3) is 5.79. The molecule has 7 nitrogen and oxygen atoms in total. The van der Waals surface area contributed by atoms with E-state index in [1.165, 1.54) is 0 Å². The van der Waals surface area contributed by atoms with Crippen LogP contribution in [0.15, 0.2) is 24.3 Å². The molecule has 0 aromatic heterocycles. The molecule has 2 fully saturated rings. The van der Waals surface area contributed by atoms with Gasteiger partial charge in [-0.2, -0.15) is 0 Å². The standard InChI is InChI=1S/C20H28N4O3/c1-2-21-19(26)15-6-4-10-24(12-15)13-18(25)22-17-7-3-5-14(11-17)20(27)23-16-8-9-16/h3,5,7,11,15-16H,2,4,6,8-10,12-13H2,1H3,(H,21,26)(H,22,25)(H,23,27). The minimum Gasteiger partial charge on any atom is -0.356 e. The number of likely N-dealkylation sites (tertiary alicyclic amines) is 1. The van der Waals surface area contributed by atoms with Gasteiger partial charge in [-0.1, -0.05) is 6.07 Å². The highest BCUT2D eigenvalue weighted by Gasteiger charge is 2.26. The Morgan fingerprint density at radius 1 is 1.19 bits per heavy atom. The van der Waals surface area contributed by atoms with Gasteiger partial charge >= 0.3 is 0 Å². The summed E-state index contributed by atoms with van der Waals surface area (Å²) < 4.78 is 0. The van der Waals surface area contributed by atoms with E-state index in [0.29, 0.717) is 30.4 Å². The first-order valence-corrected chi connectivity index (χ1v) is 9.76. The Balaban J connectivity index is 1.51. The number of piperidine rings is 1. The molecular weight excluding hydrogens is 344 g/mol. The maximum atomic E-state index is 12.4. The number of carbonyl (C=O) groups is 3. The summed E-state index contributed by atoms with van der Waals surface area (Å²) in [6.45, 7) is 4.19. The van der Waals surface area contributed by atoms with Crippen molar-refractivity contribution in [3.05, 3.63) is 29.8 Å². The van der Waals surface area contributed by atoms with Crippen molar-refractivity contribution in [2.75, 3.05) is 31.5 Å². The van der Waals surface area contributed by atoms with E-state index in [9.17, 15) is 14.4 Å². The molecule has 1 aromatic rings. The molecule has 0 bridgehead atoms. The maximum Gasteiger partial charge on any atom is 0.251 e. The smallest absolute Gasteiger partial charge is 0.251 e. The summed E-state index contributed by atoms with van der Waals surface area (Å²) in [4.78, 5) is 38.6. The maximum absolute atomic E-state index is 12.4. The Labute approximate surface area is 159 Å². The average molecular weight is 372 g/mol. The molecule has 27 heavy (non-hydrogen) atoms. The minimum atomic E-state index is -0.133. The quantitative estimate of drug-likeness (QED) is 0.674. The van der Waals surface area contributed by atoms with Crippen molar-refractivity contribution in [2.24, 2.45) is 5.92 Å². The number of rotatable bonds is 7. The van der Waals surface area contributed by atoms with E-state index in [4.69, 9.17) is 0 Å². The van der Waals surface area contributed by atoms with E-state index in [2.05, 4.69) is 16.0 Å². The van der Waals surface area contributed by atoms with Gasteiger partial charge in [-0.15, -0.1) is 0 Å². The molecule has 1 aliphatic carbocycles. The molecule has 2 aliphatic rings. The second kappa shape index (κ2) is 8.99. The van der Waals surface area contributed by atoms with Crippen molar-refractivity contribution >= 4 is 23.4 Å². The third-order valence-electron chi connectivity index (χ3n) is 4.92. The van der Waals surface area contributed by atoms with E-state index in [-0.39, 0.29) is 30.2 Å². The molecule has 146 valence electrons. The Morgan fingerprint density at radius 2 is 2.00 bits per heavy atom. The highest BCUT2D eigenvalue weighted by molar-refractivity contribution is 5.97. The minimum absolute atomic E-state index is 0.0547. The molecule has 1 saturated heterocycles. The predicted molar refractivity (Wildman–Crippen MR) is 103 cm³/mol. The fourth-order valence-electron chi connectivity index (χ4n) is 3.37. The zero-order valence-corrected chi connectivity index (χ0v) is 15.8. The summed E-state index contributed by atoms with van der Waals surface area (Å²) >= 11 is 0. The van der Waals surface area contributed by atoms with Crippen LogP contribution in [-0.2, 0) is 9.59 Å². The Hall–Kier alpha value is -2.41. The first kappa shape index (κ1) is 19.4. The van der Waals surface area contributed by atoms with Crippen molar-refractivity contribution in [1.82, 2.24) is 15.5 Å². The molecule has 0 spiro atoms. The monoisotopic (exact) mass is 372 g/mol. The van der Waals surface area contributed by atoms with Crippen molar-refractivity contribution < 1.29 is 14.4 Å². The average Bonchev–Trinajstić information content (AvgIpc) is 3.46. The summed E-state index contributed by atoms with van der Waals surface area (Å²) in [5.74, 6) is -0.223. The van der Waals surface area contributed by atoms with E-state index >= 15 is 0 Å². The second-order valence-electron chi connectivity index (χ2n) is 7.35. The van der Waals surface area contributed by atoms with Crippen LogP contribution in [0.5, 0.6) is 0 Å². The van der Waals surface area contributed by atoms with Crippen LogP contribution in [0.4, 0.5) is 5.69 Å². The lowest BCUT2D eigenvalue weighted by atomic mass is 9.97. The predicted octanol–water partition coefficient (Wildman–Crippen LogP) is 1.37. The zero-order chi connectivity index (χ0) is 19.2. The fourth-order valence-corrected chi connectivity index (χ4v) is 3.37. The lowest BCUT2D eigenvalue weighted by molar-refractivity contribution is -0.127. The van der Waals surface area contributed by atoms with Crippen LogP contribution < -0.4 is 16.0 Å². The lowest BCUT2D eigenvalue weighted by Gasteiger charge is -2.31. The summed E-state index contributed by atoms with van der Waals surface area (Å²) in [5, 5.41) is 8.67. The molecule has 1 atom stereocenters. The topological polar surface area (TPSA) is 90.5 Å². The Morgan fingerprint density at radius 3 is 2.74 bits per heavy atom. The molecule has 1 saturated carbocycles. The molecule has 0 radical (unpaired) electrons. The number of benzene rings is 1. The highest BCUT2D eigenvalue weighted by Crippen LogP contribution is 2.20. The van der Waals surface area contributed by atoms with Crippen LogP contribution in [0.3, 0.4) is 0 Å². The molecule has 7 heteroatoms. The van der Waals surface area contributed by atoms with Gasteiger partial charge in [-0.25, -0.2) is 0 Å². The Kier molecular flexibility index (Phi) is 6.45. The van der Waals surface area contributed by atoms with Gasteiger partial charge in [0.15, 0.2) is 0 Å². The van der Waals surface area contributed by atoms with Crippen LogP contribution in [0.1, 0.15) is 43.0 Å². The van der Waals surface area contributed by atoms with Gasteiger partial charge in [0.1, 0.15) is 0 Å². The van der Waals surface area contributed by atoms with Crippen molar-refractivity contribution in [3.8, 4) is 0 Å². The van der Waals surface area contributed by atoms with Gasteiger partial charge in [-0.05, 0) is 57.4 Å². The first-order valence-electron chi connectivity index (χ1n) is 9.76. The molecule has 1 aromatic carbocycles. The largest absolute Gasteiger partial charge is 0.356 e. The zero-order valence-electron chi connectivity index (χ0n) is 15.8.